The van der Waals surface area contributed by atoms with Gasteiger partial charge in [-0.15, -0.1) is 0 Å². The second kappa shape index (κ2) is 5.96. The highest BCUT2D eigenvalue weighted by molar-refractivity contribution is 9.09. The molecule has 2 nitrogen and oxygen atoms in total. The monoisotopic (exact) mass is 386 g/mol. The maximum absolute atomic E-state index is 4.73. The molecule has 0 amide bonds. The van der Waals surface area contributed by atoms with E-state index in [4.69, 9.17) is 5.10 Å². The number of aromatic nitrogens is 2. The summed E-state index contributed by atoms with van der Waals surface area (Å²) in [5, 5.41) is 7.96. The van der Waals surface area contributed by atoms with E-state index in [0.717, 1.165) is 17.1 Å². The average molecular weight is 388 g/mol. The predicted molar refractivity (Wildman–Crippen MR) is 89.3 cm³/mol. The highest BCUT2D eigenvalue weighted by Crippen LogP contribution is 2.37. The molecule has 104 valence electrons. The minimum absolute atomic E-state index is 0.205. The van der Waals surface area contributed by atoms with Crippen molar-refractivity contribution in [2.24, 2.45) is 18.4 Å². The molecular formula is C15H20Br2N2. The summed E-state index contributed by atoms with van der Waals surface area (Å²) in [7, 11) is 2.02. The van der Waals surface area contributed by atoms with Crippen LogP contribution in [0.15, 0.2) is 24.3 Å². The van der Waals surface area contributed by atoms with Crippen LogP contribution >= 0.6 is 31.9 Å². The van der Waals surface area contributed by atoms with Gasteiger partial charge in [0.1, 0.15) is 0 Å². The highest BCUT2D eigenvalue weighted by Gasteiger charge is 2.33. The van der Waals surface area contributed by atoms with Gasteiger partial charge in [-0.3, -0.25) is 4.68 Å². The molecule has 1 heterocycles. The Morgan fingerprint density at radius 3 is 2.42 bits per heavy atom. The summed E-state index contributed by atoms with van der Waals surface area (Å²) in [6.45, 7) is 4.57. The topological polar surface area (TPSA) is 17.8 Å². The van der Waals surface area contributed by atoms with Gasteiger partial charge in [0, 0.05) is 23.1 Å². The molecule has 0 saturated carbocycles. The molecule has 0 unspecified atom stereocenters. The quantitative estimate of drug-likeness (QED) is 0.688. The Morgan fingerprint density at radius 2 is 1.84 bits per heavy atom. The first-order valence-corrected chi connectivity index (χ1v) is 8.81. The van der Waals surface area contributed by atoms with E-state index < -0.39 is 0 Å². The van der Waals surface area contributed by atoms with Crippen LogP contribution in [0, 0.1) is 11.3 Å². The minimum atomic E-state index is 0.205. The molecule has 0 aliphatic heterocycles. The average Bonchev–Trinajstić information content (AvgIpc) is 2.73. The van der Waals surface area contributed by atoms with Crippen LogP contribution in [0.2, 0.25) is 0 Å². The van der Waals surface area contributed by atoms with E-state index in [1.165, 1.54) is 16.6 Å². The van der Waals surface area contributed by atoms with Gasteiger partial charge in [0.25, 0.3) is 0 Å². The van der Waals surface area contributed by atoms with E-state index in [0.29, 0.717) is 5.92 Å². The molecule has 0 aliphatic rings. The van der Waals surface area contributed by atoms with Gasteiger partial charge in [-0.25, -0.2) is 0 Å². The molecule has 0 bridgehead atoms. The smallest absolute Gasteiger partial charge is 0.0709 e. The zero-order valence-corrected chi connectivity index (χ0v) is 14.8. The lowest BCUT2D eigenvalue weighted by Crippen LogP contribution is -2.33. The number of hydrogen-bond donors (Lipinski definition) is 0. The fraction of sp³-hybridized carbons (Fsp3) is 0.533. The van der Waals surface area contributed by atoms with Crippen molar-refractivity contribution < 1.29 is 0 Å². The zero-order chi connectivity index (χ0) is 14.0. The minimum Gasteiger partial charge on any atom is -0.268 e. The molecule has 0 atom stereocenters. The van der Waals surface area contributed by atoms with E-state index in [-0.39, 0.29) is 5.41 Å². The first-order valence-electron chi connectivity index (χ1n) is 6.56. The molecular weight excluding hydrogens is 368 g/mol. The van der Waals surface area contributed by atoms with E-state index in [9.17, 15) is 0 Å². The third kappa shape index (κ3) is 2.75. The number of halogens is 2. The SMILES string of the molecule is CC(C)C(CBr)(CBr)Cc1nn(C)c2ccccc12. The van der Waals surface area contributed by atoms with Crippen molar-refractivity contribution in [3.8, 4) is 0 Å². The molecule has 0 fully saturated rings. The summed E-state index contributed by atoms with van der Waals surface area (Å²) in [5.41, 5.74) is 2.61. The van der Waals surface area contributed by atoms with Crippen molar-refractivity contribution >= 4 is 42.8 Å². The molecule has 0 spiro atoms. The van der Waals surface area contributed by atoms with E-state index >= 15 is 0 Å². The summed E-state index contributed by atoms with van der Waals surface area (Å²) in [6, 6.07) is 8.46. The Hall–Kier alpha value is -0.350. The highest BCUT2D eigenvalue weighted by atomic mass is 79.9. The van der Waals surface area contributed by atoms with Crippen LogP contribution in [-0.4, -0.2) is 20.4 Å². The third-order valence-corrected chi connectivity index (χ3v) is 6.34. The molecule has 1 aromatic carbocycles. The molecule has 0 aliphatic carbocycles. The lowest BCUT2D eigenvalue weighted by Gasteiger charge is -2.33. The summed E-state index contributed by atoms with van der Waals surface area (Å²) in [5.74, 6) is 0.590. The number of para-hydroxylation sites is 1. The first kappa shape index (κ1) is 15.0. The van der Waals surface area contributed by atoms with Crippen molar-refractivity contribution in [3.63, 3.8) is 0 Å². The number of nitrogens with zero attached hydrogens (tertiary/aromatic N) is 2. The van der Waals surface area contributed by atoms with Crippen molar-refractivity contribution in [3.05, 3.63) is 30.0 Å². The molecule has 0 N–H and O–H groups in total. The molecule has 0 saturated heterocycles. The van der Waals surface area contributed by atoms with E-state index in [1.54, 1.807) is 0 Å². The Labute approximate surface area is 131 Å². The fourth-order valence-corrected chi connectivity index (χ4v) is 5.02. The Kier molecular flexibility index (Phi) is 4.72. The Balaban J connectivity index is 2.45. The summed E-state index contributed by atoms with van der Waals surface area (Å²) in [6.07, 6.45) is 0.989. The zero-order valence-electron chi connectivity index (χ0n) is 11.7. The number of fused-ring (bicyclic) bond motifs is 1. The Morgan fingerprint density at radius 1 is 1.21 bits per heavy atom. The van der Waals surface area contributed by atoms with Crippen LogP contribution in [0.4, 0.5) is 0 Å². The second-order valence-electron chi connectivity index (χ2n) is 5.55. The van der Waals surface area contributed by atoms with Gasteiger partial charge < -0.3 is 0 Å². The lowest BCUT2D eigenvalue weighted by atomic mass is 9.77. The Bertz CT molecular complexity index is 556. The lowest BCUT2D eigenvalue weighted by molar-refractivity contribution is 0.265. The van der Waals surface area contributed by atoms with Crippen LogP contribution < -0.4 is 0 Å². The number of alkyl halides is 2. The number of hydrogen-bond acceptors (Lipinski definition) is 1. The maximum Gasteiger partial charge on any atom is 0.0709 e. The second-order valence-corrected chi connectivity index (χ2v) is 6.67. The molecule has 2 rings (SSSR count). The van der Waals surface area contributed by atoms with Crippen LogP contribution in [0.5, 0.6) is 0 Å². The number of aryl methyl sites for hydroxylation is 1. The first-order chi connectivity index (χ1) is 9.04. The normalized spacial score (nSPS) is 12.5. The van der Waals surface area contributed by atoms with Crippen molar-refractivity contribution in [2.45, 2.75) is 20.3 Å². The third-order valence-electron chi connectivity index (χ3n) is 4.11. The van der Waals surface area contributed by atoms with Crippen LogP contribution in [0.25, 0.3) is 10.9 Å². The predicted octanol–water partition coefficient (Wildman–Crippen LogP) is 4.55. The van der Waals surface area contributed by atoms with Gasteiger partial charge >= 0.3 is 0 Å². The van der Waals surface area contributed by atoms with Gasteiger partial charge in [-0.1, -0.05) is 63.9 Å². The fourth-order valence-electron chi connectivity index (χ4n) is 2.40. The summed E-state index contributed by atoms with van der Waals surface area (Å²) >= 11 is 7.40. The summed E-state index contributed by atoms with van der Waals surface area (Å²) < 4.78 is 1.98. The van der Waals surface area contributed by atoms with Gasteiger partial charge in [0.15, 0.2) is 0 Å². The van der Waals surface area contributed by atoms with Gasteiger partial charge in [0.05, 0.1) is 11.2 Å². The van der Waals surface area contributed by atoms with Crippen LogP contribution in [-0.2, 0) is 13.5 Å². The van der Waals surface area contributed by atoms with Crippen molar-refractivity contribution in [1.82, 2.24) is 9.78 Å². The van der Waals surface area contributed by atoms with E-state index in [2.05, 4.69) is 70.0 Å². The van der Waals surface area contributed by atoms with Gasteiger partial charge in [-0.05, 0) is 23.8 Å². The van der Waals surface area contributed by atoms with Gasteiger partial charge in [0.2, 0.25) is 0 Å². The van der Waals surface area contributed by atoms with Gasteiger partial charge in [-0.2, -0.15) is 5.10 Å². The molecule has 2 aromatic rings. The summed E-state index contributed by atoms with van der Waals surface area (Å²) in [4.78, 5) is 0. The van der Waals surface area contributed by atoms with Crippen molar-refractivity contribution in [2.75, 3.05) is 10.7 Å². The number of rotatable bonds is 5. The van der Waals surface area contributed by atoms with Crippen LogP contribution in [0.3, 0.4) is 0 Å². The molecule has 4 heteroatoms. The molecule has 1 aromatic heterocycles. The standard InChI is InChI=1S/C15H20Br2N2/c1-11(2)15(9-16,10-17)8-13-12-6-4-5-7-14(12)19(3)18-13/h4-7,11H,8-10H2,1-3H3. The van der Waals surface area contributed by atoms with E-state index in [1.807, 2.05) is 11.7 Å². The molecule has 19 heavy (non-hydrogen) atoms. The van der Waals surface area contributed by atoms with Crippen LogP contribution in [0.1, 0.15) is 19.5 Å². The largest absolute Gasteiger partial charge is 0.268 e. The molecule has 0 radical (unpaired) electrons. The maximum atomic E-state index is 4.73. The van der Waals surface area contributed by atoms with Crippen molar-refractivity contribution in [1.29, 1.82) is 0 Å². The number of benzene rings is 1.